The fraction of sp³-hybridized carbons (Fsp3) is 0.500. The minimum absolute atomic E-state index is 0.0305. The highest BCUT2D eigenvalue weighted by Crippen LogP contribution is 2.40. The Morgan fingerprint density at radius 3 is 2.69 bits per heavy atom. The summed E-state index contributed by atoms with van der Waals surface area (Å²) in [6.45, 7) is -0.703. The second-order valence-electron chi connectivity index (χ2n) is 8.27. The van der Waals surface area contributed by atoms with E-state index in [1.54, 1.807) is 14.1 Å². The molecule has 2 aliphatic heterocycles. The molecule has 3 rings (SSSR count). The molecule has 5 N–H and O–H groups in total. The Bertz CT molecular complexity index is 1110. The molecular formula is C18H23FN8O6S2. The third-order valence-electron chi connectivity index (χ3n) is 5.18. The molecule has 1 aromatic heterocycles. The van der Waals surface area contributed by atoms with Crippen molar-refractivity contribution in [1.82, 2.24) is 19.6 Å². The first-order valence-corrected chi connectivity index (χ1v) is 11.9. The van der Waals surface area contributed by atoms with E-state index < -0.39 is 47.7 Å². The maximum absolute atomic E-state index is 12.9. The van der Waals surface area contributed by atoms with Gasteiger partial charge in [-0.25, -0.2) is 4.39 Å². The van der Waals surface area contributed by atoms with Gasteiger partial charge < -0.3 is 36.0 Å². The summed E-state index contributed by atoms with van der Waals surface area (Å²) in [6.07, 6.45) is 0.114. The molecule has 2 atom stereocenters. The number of nitrogens with zero attached hydrogens (tertiary/aromatic N) is 5. The van der Waals surface area contributed by atoms with Crippen molar-refractivity contribution in [3.05, 3.63) is 17.1 Å². The molecule has 0 saturated carbocycles. The number of carbonyl (C=O) groups is 4. The monoisotopic (exact) mass is 530 g/mol. The lowest BCUT2D eigenvalue weighted by Gasteiger charge is -2.51. The number of aliphatic carboxylic acids is 1. The Hall–Kier alpha value is -3.31. The van der Waals surface area contributed by atoms with E-state index in [1.165, 1.54) is 11.8 Å². The summed E-state index contributed by atoms with van der Waals surface area (Å²) >= 11 is 2.03. The van der Waals surface area contributed by atoms with Crippen molar-refractivity contribution in [3.63, 3.8) is 0 Å². The fourth-order valence-electron chi connectivity index (χ4n) is 3.62. The van der Waals surface area contributed by atoms with Crippen LogP contribution >= 0.6 is 23.3 Å². The summed E-state index contributed by atoms with van der Waals surface area (Å²) in [4.78, 5) is 57.9. The molecule has 3 amide bonds. The van der Waals surface area contributed by atoms with Crippen LogP contribution in [0, 0.1) is 0 Å². The van der Waals surface area contributed by atoms with Gasteiger partial charge in [-0.15, -0.1) is 11.8 Å². The molecule has 0 radical (unpaired) electrons. The number of likely N-dealkylation sites (N-methyl/N-ethyl adjacent to an activating group) is 1. The summed E-state index contributed by atoms with van der Waals surface area (Å²) in [7, 11) is 3.61. The molecule has 35 heavy (non-hydrogen) atoms. The van der Waals surface area contributed by atoms with Crippen LogP contribution in [0.25, 0.3) is 0 Å². The van der Waals surface area contributed by atoms with Crippen LogP contribution in [0.15, 0.2) is 16.4 Å². The number of nitrogen functional groups attached to an aromatic ring is 1. The van der Waals surface area contributed by atoms with Crippen LogP contribution in [0.2, 0.25) is 0 Å². The highest BCUT2D eigenvalue weighted by molar-refractivity contribution is 8.00. The van der Waals surface area contributed by atoms with Gasteiger partial charge in [-0.2, -0.15) is 9.36 Å². The summed E-state index contributed by atoms with van der Waals surface area (Å²) < 4.78 is 16.5. The molecule has 14 nitrogen and oxygen atoms in total. The van der Waals surface area contributed by atoms with Gasteiger partial charge in [0.25, 0.3) is 18.7 Å². The van der Waals surface area contributed by atoms with Gasteiger partial charge in [0.15, 0.2) is 5.13 Å². The van der Waals surface area contributed by atoms with Gasteiger partial charge in [-0.1, -0.05) is 5.16 Å². The van der Waals surface area contributed by atoms with Crippen LogP contribution in [0.5, 0.6) is 0 Å². The number of anilines is 1. The van der Waals surface area contributed by atoms with Gasteiger partial charge in [0.05, 0.1) is 38.7 Å². The number of carbonyl (C=O) groups excluding carboxylic acids is 4. The van der Waals surface area contributed by atoms with E-state index in [-0.39, 0.29) is 39.9 Å². The van der Waals surface area contributed by atoms with Crippen LogP contribution in [-0.2, 0) is 24.0 Å². The van der Waals surface area contributed by atoms with Crippen molar-refractivity contribution < 1.29 is 38.0 Å². The molecule has 190 valence electrons. The lowest BCUT2D eigenvalue weighted by molar-refractivity contribution is -0.885. The number of halogens is 1. The summed E-state index contributed by atoms with van der Waals surface area (Å²) in [5.74, 6) is -3.57. The highest BCUT2D eigenvalue weighted by atomic mass is 32.2. The van der Waals surface area contributed by atoms with Gasteiger partial charge >= 0.3 is 0 Å². The topological polar surface area (TPSA) is 206 Å². The molecule has 3 heterocycles. The number of alkyl halides is 1. The summed E-state index contributed by atoms with van der Waals surface area (Å²) in [6, 6.07) is -1.09. The Morgan fingerprint density at radius 1 is 1.40 bits per heavy atom. The zero-order valence-corrected chi connectivity index (χ0v) is 20.4. The van der Waals surface area contributed by atoms with E-state index in [2.05, 4.69) is 24.7 Å². The van der Waals surface area contributed by atoms with Crippen LogP contribution in [0.3, 0.4) is 0 Å². The molecule has 0 unspecified atom stereocenters. The number of nitrogens with one attached hydrogen (secondary N) is 1. The first-order chi connectivity index (χ1) is 16.4. The molecule has 1 fully saturated rings. The molecule has 0 aromatic carbocycles. The van der Waals surface area contributed by atoms with Gasteiger partial charge in [-0.05, 0) is 0 Å². The van der Waals surface area contributed by atoms with Gasteiger partial charge in [0.2, 0.25) is 17.4 Å². The van der Waals surface area contributed by atoms with Crippen LogP contribution in [-0.4, -0.2) is 99.4 Å². The number of nitrogens with two attached hydrogens (primary N) is 2. The molecule has 1 saturated heterocycles. The van der Waals surface area contributed by atoms with Gasteiger partial charge in [0.1, 0.15) is 18.0 Å². The highest BCUT2D eigenvalue weighted by Gasteiger charge is 2.53. The van der Waals surface area contributed by atoms with Gasteiger partial charge in [0, 0.05) is 22.9 Å². The minimum atomic E-state index is -1.53. The number of fused-ring (bicyclic) bond motifs is 1. The number of hydrogen-bond acceptors (Lipinski definition) is 12. The van der Waals surface area contributed by atoms with Crippen molar-refractivity contribution in [2.75, 3.05) is 45.5 Å². The lowest BCUT2D eigenvalue weighted by atomic mass is 10.0. The number of quaternary nitrogens is 1. The number of oxime groups is 1. The fourth-order valence-corrected chi connectivity index (χ4v) is 5.39. The van der Waals surface area contributed by atoms with Crippen LogP contribution in [0.1, 0.15) is 12.2 Å². The number of rotatable bonds is 11. The quantitative estimate of drug-likeness (QED) is 0.115. The van der Waals surface area contributed by atoms with E-state index in [9.17, 15) is 28.7 Å². The standard InChI is InChI=1S/C18H23FN8O6S2/c1-27(2,4-3-9(20)28)5-8-6-34-16-11(15(30)26(16)12(8)17(31)32)22-14(29)10(24-33-7-19)13-23-18(21)35-25-13/h11,16H,3-7H2,1-2H3,(H5-,20,21,22,23,25,28,29,31,32)/b24-10-/t11-,16-/m1/s1. The first-order valence-electron chi connectivity index (χ1n) is 10.1. The Kier molecular flexibility index (Phi) is 7.91. The zero-order valence-electron chi connectivity index (χ0n) is 18.7. The van der Waals surface area contributed by atoms with Crippen molar-refractivity contribution in [2.24, 2.45) is 10.9 Å². The molecular weight excluding hydrogens is 507 g/mol. The molecule has 1 aromatic rings. The zero-order chi connectivity index (χ0) is 25.9. The molecule has 17 heteroatoms. The predicted octanol–water partition coefficient (Wildman–Crippen LogP) is -2.88. The van der Waals surface area contributed by atoms with Crippen molar-refractivity contribution >= 4 is 57.8 Å². The van der Waals surface area contributed by atoms with Crippen LogP contribution in [0.4, 0.5) is 9.52 Å². The number of primary amides is 1. The largest absolute Gasteiger partial charge is 0.543 e. The maximum atomic E-state index is 12.9. The van der Waals surface area contributed by atoms with E-state index in [1.807, 2.05) is 0 Å². The van der Waals surface area contributed by atoms with Gasteiger partial charge in [-0.3, -0.25) is 19.3 Å². The Balaban J connectivity index is 1.78. The predicted molar refractivity (Wildman–Crippen MR) is 121 cm³/mol. The number of carboxylic acid groups (broad SMARTS) is 1. The normalized spacial score (nSPS) is 20.3. The summed E-state index contributed by atoms with van der Waals surface area (Å²) in [5, 5.41) is 17.1. The number of amides is 3. The third-order valence-corrected chi connectivity index (χ3v) is 7.07. The second-order valence-corrected chi connectivity index (χ2v) is 10.2. The van der Waals surface area contributed by atoms with E-state index in [4.69, 9.17) is 11.5 Å². The molecule has 2 aliphatic rings. The number of carboxylic acids is 1. The Morgan fingerprint density at radius 2 is 2.11 bits per heavy atom. The van der Waals surface area contributed by atoms with Crippen molar-refractivity contribution in [2.45, 2.75) is 17.8 Å². The van der Waals surface area contributed by atoms with Crippen molar-refractivity contribution in [3.8, 4) is 0 Å². The Labute approximate surface area is 206 Å². The average Bonchev–Trinajstić information content (AvgIpc) is 3.21. The summed E-state index contributed by atoms with van der Waals surface area (Å²) in [5.41, 5.74) is 10.4. The van der Waals surface area contributed by atoms with Crippen molar-refractivity contribution in [1.29, 1.82) is 0 Å². The smallest absolute Gasteiger partial charge is 0.278 e. The number of hydrogen-bond donors (Lipinski definition) is 3. The second kappa shape index (κ2) is 10.5. The molecule has 0 bridgehead atoms. The number of aromatic nitrogens is 2. The maximum Gasteiger partial charge on any atom is 0.278 e. The first kappa shape index (κ1) is 26.3. The minimum Gasteiger partial charge on any atom is -0.543 e. The number of β-lactam (4-membered cyclic amide) rings is 1. The molecule has 0 aliphatic carbocycles. The molecule has 0 spiro atoms. The lowest BCUT2D eigenvalue weighted by Crippen LogP contribution is -2.71. The van der Waals surface area contributed by atoms with E-state index in [0.717, 1.165) is 16.4 Å². The van der Waals surface area contributed by atoms with E-state index in [0.29, 0.717) is 12.1 Å². The van der Waals surface area contributed by atoms with E-state index >= 15 is 0 Å². The SMILES string of the molecule is C[N+](C)(CCC(N)=O)CC1=C(C(=O)[O-])N2C(=O)[C@@H](NC(=O)/C(=N\OCF)c3nsc(N)n3)[C@H]2SC1. The third kappa shape index (κ3) is 5.85. The number of thioether (sulfide) groups is 1. The van der Waals surface area contributed by atoms with Crippen LogP contribution < -0.4 is 21.9 Å². The average molecular weight is 531 g/mol.